The van der Waals surface area contributed by atoms with Crippen LogP contribution in [0, 0.1) is 5.92 Å². The maximum atomic E-state index is 12.3. The van der Waals surface area contributed by atoms with E-state index < -0.39 is 5.91 Å². The van der Waals surface area contributed by atoms with Gasteiger partial charge in [0.25, 0.3) is 5.91 Å². The summed E-state index contributed by atoms with van der Waals surface area (Å²) in [5.41, 5.74) is 3.46. The van der Waals surface area contributed by atoms with Crippen molar-refractivity contribution < 1.29 is 14.6 Å². The average molecular weight is 362 g/mol. The van der Waals surface area contributed by atoms with Crippen LogP contribution >= 0.6 is 0 Å². The van der Waals surface area contributed by atoms with E-state index in [1.807, 2.05) is 48.5 Å². The first-order valence-electron chi connectivity index (χ1n) is 8.81. The van der Waals surface area contributed by atoms with E-state index in [4.69, 9.17) is 4.74 Å². The zero-order valence-electron chi connectivity index (χ0n) is 15.3. The molecule has 0 aromatic heterocycles. The van der Waals surface area contributed by atoms with Gasteiger partial charge in [-0.05, 0) is 58.7 Å². The van der Waals surface area contributed by atoms with Gasteiger partial charge in [-0.1, -0.05) is 38.1 Å². The number of phenols is 1. The summed E-state index contributed by atoms with van der Waals surface area (Å²) in [5.74, 6) is 0.721. The number of rotatable bonds is 6. The van der Waals surface area contributed by atoms with E-state index >= 15 is 0 Å². The number of phenolic OH excluding ortho intramolecular Hbond substituents is 1. The Labute approximate surface area is 158 Å². The lowest BCUT2D eigenvalue weighted by molar-refractivity contribution is 0.0952. The van der Waals surface area contributed by atoms with Gasteiger partial charge in [-0.25, -0.2) is 5.43 Å². The van der Waals surface area contributed by atoms with Crippen molar-refractivity contribution in [1.29, 1.82) is 0 Å². The van der Waals surface area contributed by atoms with Crippen molar-refractivity contribution >= 4 is 22.9 Å². The standard InChI is InChI=1S/C22H22N2O3/c1-15(2)14-27-19-9-7-16(8-10-19)13-23-24-22(26)20-11-17-5-3-4-6-18(17)12-21(20)25/h3-13,15,25H,14H2,1-2H3,(H,24,26). The number of aromatic hydroxyl groups is 1. The first kappa shape index (κ1) is 18.5. The van der Waals surface area contributed by atoms with Crippen LogP contribution < -0.4 is 10.2 Å². The predicted molar refractivity (Wildman–Crippen MR) is 107 cm³/mol. The molecule has 1 amide bonds. The highest BCUT2D eigenvalue weighted by Gasteiger charge is 2.11. The fraction of sp³-hybridized carbons (Fsp3) is 0.182. The Morgan fingerprint density at radius 1 is 1.11 bits per heavy atom. The molecule has 0 aliphatic heterocycles. The second kappa shape index (κ2) is 8.36. The van der Waals surface area contributed by atoms with Crippen LogP contribution in [0.2, 0.25) is 0 Å². The summed E-state index contributed by atoms with van der Waals surface area (Å²) in [5, 5.41) is 15.8. The molecule has 3 aromatic rings. The molecule has 0 saturated heterocycles. The molecule has 3 rings (SSSR count). The second-order valence-corrected chi connectivity index (χ2v) is 6.69. The summed E-state index contributed by atoms with van der Waals surface area (Å²) in [4.78, 5) is 12.3. The molecule has 0 saturated carbocycles. The number of amides is 1. The summed E-state index contributed by atoms with van der Waals surface area (Å²) < 4.78 is 5.63. The molecular formula is C22H22N2O3. The van der Waals surface area contributed by atoms with Crippen molar-refractivity contribution in [3.8, 4) is 11.5 Å². The fourth-order valence-electron chi connectivity index (χ4n) is 2.55. The molecule has 0 atom stereocenters. The third-order valence-corrected chi connectivity index (χ3v) is 3.95. The third-order valence-electron chi connectivity index (χ3n) is 3.95. The summed E-state index contributed by atoms with van der Waals surface area (Å²) in [6, 6.07) is 18.2. The average Bonchev–Trinajstić information content (AvgIpc) is 2.66. The first-order chi connectivity index (χ1) is 13.0. The Bertz CT molecular complexity index is 963. The Morgan fingerprint density at radius 2 is 1.78 bits per heavy atom. The molecule has 138 valence electrons. The molecule has 3 aromatic carbocycles. The highest BCUT2D eigenvalue weighted by molar-refractivity contribution is 6.01. The number of nitrogens with one attached hydrogen (secondary N) is 1. The lowest BCUT2D eigenvalue weighted by Gasteiger charge is -2.08. The van der Waals surface area contributed by atoms with Crippen molar-refractivity contribution in [3.63, 3.8) is 0 Å². The monoisotopic (exact) mass is 362 g/mol. The summed E-state index contributed by atoms with van der Waals surface area (Å²) in [6.45, 7) is 4.85. The largest absolute Gasteiger partial charge is 0.507 e. The SMILES string of the molecule is CC(C)COc1ccc(C=NNC(=O)c2cc3ccccc3cc2O)cc1. The van der Waals surface area contributed by atoms with Crippen LogP contribution in [-0.4, -0.2) is 23.8 Å². The van der Waals surface area contributed by atoms with Crippen molar-refractivity contribution in [2.75, 3.05) is 6.61 Å². The minimum Gasteiger partial charge on any atom is -0.507 e. The fourth-order valence-corrected chi connectivity index (χ4v) is 2.55. The van der Waals surface area contributed by atoms with E-state index in [9.17, 15) is 9.90 Å². The van der Waals surface area contributed by atoms with E-state index in [1.54, 1.807) is 18.3 Å². The van der Waals surface area contributed by atoms with Crippen molar-refractivity contribution in [3.05, 3.63) is 71.8 Å². The number of carbonyl (C=O) groups is 1. The van der Waals surface area contributed by atoms with Crippen LogP contribution in [0.4, 0.5) is 0 Å². The lowest BCUT2D eigenvalue weighted by Crippen LogP contribution is -2.17. The van der Waals surface area contributed by atoms with Crippen molar-refractivity contribution in [2.24, 2.45) is 11.0 Å². The van der Waals surface area contributed by atoms with Gasteiger partial charge in [0.05, 0.1) is 18.4 Å². The van der Waals surface area contributed by atoms with Crippen LogP contribution in [0.1, 0.15) is 29.8 Å². The molecule has 0 aliphatic rings. The first-order valence-corrected chi connectivity index (χ1v) is 8.81. The Hall–Kier alpha value is -3.34. The summed E-state index contributed by atoms with van der Waals surface area (Å²) >= 11 is 0. The normalized spacial score (nSPS) is 11.2. The van der Waals surface area contributed by atoms with Crippen LogP contribution in [0.25, 0.3) is 10.8 Å². The molecule has 5 nitrogen and oxygen atoms in total. The van der Waals surface area contributed by atoms with E-state index in [0.717, 1.165) is 22.1 Å². The maximum Gasteiger partial charge on any atom is 0.275 e. The zero-order valence-corrected chi connectivity index (χ0v) is 15.3. The van der Waals surface area contributed by atoms with Crippen LogP contribution in [0.15, 0.2) is 65.8 Å². The van der Waals surface area contributed by atoms with E-state index in [-0.39, 0.29) is 11.3 Å². The van der Waals surface area contributed by atoms with Gasteiger partial charge in [-0.15, -0.1) is 0 Å². The Balaban J connectivity index is 1.64. The van der Waals surface area contributed by atoms with E-state index in [0.29, 0.717) is 12.5 Å². The molecule has 0 aliphatic carbocycles. The van der Waals surface area contributed by atoms with Crippen LogP contribution in [-0.2, 0) is 0 Å². The molecule has 2 N–H and O–H groups in total. The van der Waals surface area contributed by atoms with Gasteiger partial charge in [-0.2, -0.15) is 5.10 Å². The smallest absolute Gasteiger partial charge is 0.275 e. The number of carbonyl (C=O) groups excluding carboxylic acids is 1. The molecule has 27 heavy (non-hydrogen) atoms. The Kier molecular flexibility index (Phi) is 5.71. The van der Waals surface area contributed by atoms with E-state index in [2.05, 4.69) is 24.4 Å². The molecule has 0 spiro atoms. The van der Waals surface area contributed by atoms with Crippen molar-refractivity contribution in [2.45, 2.75) is 13.8 Å². The quantitative estimate of drug-likeness (QED) is 0.506. The van der Waals surface area contributed by atoms with E-state index in [1.165, 1.54) is 0 Å². The number of benzene rings is 3. The molecule has 0 heterocycles. The molecule has 0 radical (unpaired) electrons. The number of nitrogens with zero attached hydrogens (tertiary/aromatic N) is 1. The van der Waals surface area contributed by atoms with Gasteiger partial charge >= 0.3 is 0 Å². The van der Waals surface area contributed by atoms with Crippen molar-refractivity contribution in [1.82, 2.24) is 5.43 Å². The predicted octanol–water partition coefficient (Wildman–Crippen LogP) is 4.34. The van der Waals surface area contributed by atoms with Crippen LogP contribution in [0.5, 0.6) is 11.5 Å². The number of fused-ring (bicyclic) bond motifs is 1. The van der Waals surface area contributed by atoms with Crippen LogP contribution in [0.3, 0.4) is 0 Å². The van der Waals surface area contributed by atoms with Gasteiger partial charge in [-0.3, -0.25) is 4.79 Å². The number of hydrogen-bond donors (Lipinski definition) is 2. The summed E-state index contributed by atoms with van der Waals surface area (Å²) in [6.07, 6.45) is 1.54. The topological polar surface area (TPSA) is 70.9 Å². The van der Waals surface area contributed by atoms with Gasteiger partial charge in [0.1, 0.15) is 11.5 Å². The molecule has 5 heteroatoms. The molecule has 0 fully saturated rings. The number of hydrogen-bond acceptors (Lipinski definition) is 4. The minimum atomic E-state index is -0.466. The highest BCUT2D eigenvalue weighted by Crippen LogP contribution is 2.24. The lowest BCUT2D eigenvalue weighted by atomic mass is 10.1. The number of ether oxygens (including phenoxy) is 1. The summed E-state index contributed by atoms with van der Waals surface area (Å²) in [7, 11) is 0. The number of hydrazone groups is 1. The molecule has 0 bridgehead atoms. The minimum absolute atomic E-state index is 0.0759. The van der Waals surface area contributed by atoms with Gasteiger partial charge in [0.15, 0.2) is 0 Å². The molecule has 0 unspecified atom stereocenters. The highest BCUT2D eigenvalue weighted by atomic mass is 16.5. The maximum absolute atomic E-state index is 12.3. The van der Waals surface area contributed by atoms with Gasteiger partial charge in [0, 0.05) is 0 Å². The third kappa shape index (κ3) is 4.85. The molecular weight excluding hydrogens is 340 g/mol. The Morgan fingerprint density at radius 3 is 2.44 bits per heavy atom. The zero-order chi connectivity index (χ0) is 19.2. The van der Waals surface area contributed by atoms with Gasteiger partial charge in [0.2, 0.25) is 0 Å². The second-order valence-electron chi connectivity index (χ2n) is 6.69. The van der Waals surface area contributed by atoms with Gasteiger partial charge < -0.3 is 9.84 Å².